The van der Waals surface area contributed by atoms with E-state index in [-0.39, 0.29) is 5.91 Å². The highest BCUT2D eigenvalue weighted by Gasteiger charge is 2.23. The first-order chi connectivity index (χ1) is 13.2. The summed E-state index contributed by atoms with van der Waals surface area (Å²) in [6.45, 7) is 4.57. The fourth-order valence-electron chi connectivity index (χ4n) is 3.10. The van der Waals surface area contributed by atoms with Crippen LogP contribution >= 0.6 is 0 Å². The molecular weight excluding hydrogens is 344 g/mol. The third-order valence-corrected chi connectivity index (χ3v) is 4.68. The SMILES string of the molecule is COc1cc(OC)cc(C(=O)N2CCN(CCOc3ccccc3)CC2)c1. The molecule has 6 nitrogen and oxygen atoms in total. The second kappa shape index (κ2) is 9.28. The van der Waals surface area contributed by atoms with Crippen LogP contribution in [0.4, 0.5) is 0 Å². The van der Waals surface area contributed by atoms with E-state index in [1.807, 2.05) is 35.2 Å². The molecule has 6 heteroatoms. The summed E-state index contributed by atoms with van der Waals surface area (Å²) >= 11 is 0. The Morgan fingerprint density at radius 2 is 1.52 bits per heavy atom. The number of amides is 1. The zero-order valence-corrected chi connectivity index (χ0v) is 15.9. The number of hydrogen-bond acceptors (Lipinski definition) is 5. The van der Waals surface area contributed by atoms with Crippen molar-refractivity contribution in [3.8, 4) is 17.2 Å². The Kier molecular flexibility index (Phi) is 6.54. The highest BCUT2D eigenvalue weighted by atomic mass is 16.5. The lowest BCUT2D eigenvalue weighted by atomic mass is 10.1. The Labute approximate surface area is 160 Å². The average molecular weight is 370 g/mol. The number of carbonyl (C=O) groups is 1. The van der Waals surface area contributed by atoms with Crippen LogP contribution in [0.3, 0.4) is 0 Å². The van der Waals surface area contributed by atoms with Gasteiger partial charge in [0.25, 0.3) is 5.91 Å². The van der Waals surface area contributed by atoms with Gasteiger partial charge in [-0.25, -0.2) is 0 Å². The molecule has 2 aromatic carbocycles. The molecule has 0 aromatic heterocycles. The second-order valence-electron chi connectivity index (χ2n) is 6.40. The van der Waals surface area contributed by atoms with E-state index in [0.717, 1.165) is 25.4 Å². The molecule has 0 saturated carbocycles. The highest BCUT2D eigenvalue weighted by molar-refractivity contribution is 5.95. The molecule has 27 heavy (non-hydrogen) atoms. The van der Waals surface area contributed by atoms with Gasteiger partial charge in [0.1, 0.15) is 23.9 Å². The lowest BCUT2D eigenvalue weighted by Crippen LogP contribution is -2.49. The number of ether oxygens (including phenoxy) is 3. The predicted molar refractivity (Wildman–Crippen MR) is 104 cm³/mol. The summed E-state index contributed by atoms with van der Waals surface area (Å²) in [7, 11) is 3.17. The molecule has 1 heterocycles. The quantitative estimate of drug-likeness (QED) is 0.750. The number of methoxy groups -OCH3 is 2. The third-order valence-electron chi connectivity index (χ3n) is 4.68. The van der Waals surface area contributed by atoms with Gasteiger partial charge < -0.3 is 19.1 Å². The molecule has 144 valence electrons. The van der Waals surface area contributed by atoms with Crippen molar-refractivity contribution in [2.75, 3.05) is 53.6 Å². The Hall–Kier alpha value is -2.73. The number of benzene rings is 2. The Morgan fingerprint density at radius 1 is 0.889 bits per heavy atom. The largest absolute Gasteiger partial charge is 0.497 e. The zero-order valence-electron chi connectivity index (χ0n) is 15.9. The van der Waals surface area contributed by atoms with Gasteiger partial charge in [-0.2, -0.15) is 0 Å². The maximum atomic E-state index is 12.8. The summed E-state index contributed by atoms with van der Waals surface area (Å²) in [5, 5.41) is 0. The van der Waals surface area contributed by atoms with E-state index in [1.165, 1.54) is 0 Å². The van der Waals surface area contributed by atoms with E-state index in [4.69, 9.17) is 14.2 Å². The van der Waals surface area contributed by atoms with Crippen molar-refractivity contribution in [1.82, 2.24) is 9.80 Å². The fourth-order valence-corrected chi connectivity index (χ4v) is 3.10. The lowest BCUT2D eigenvalue weighted by Gasteiger charge is -2.34. The molecule has 1 fully saturated rings. The second-order valence-corrected chi connectivity index (χ2v) is 6.40. The molecule has 1 saturated heterocycles. The standard InChI is InChI=1S/C21H26N2O4/c1-25-19-14-17(15-20(16-19)26-2)21(24)23-10-8-22(9-11-23)12-13-27-18-6-4-3-5-7-18/h3-7,14-16H,8-13H2,1-2H3. The number of nitrogens with zero attached hydrogens (tertiary/aromatic N) is 2. The van der Waals surface area contributed by atoms with Crippen LogP contribution in [0.15, 0.2) is 48.5 Å². The molecule has 0 N–H and O–H groups in total. The maximum Gasteiger partial charge on any atom is 0.254 e. The van der Waals surface area contributed by atoms with Crippen LogP contribution in [0.25, 0.3) is 0 Å². The summed E-state index contributed by atoms with van der Waals surface area (Å²) in [6, 6.07) is 15.1. The Balaban J connectivity index is 1.49. The van der Waals surface area contributed by atoms with Gasteiger partial charge in [-0.15, -0.1) is 0 Å². The van der Waals surface area contributed by atoms with Crippen LogP contribution in [0.5, 0.6) is 17.2 Å². The monoisotopic (exact) mass is 370 g/mol. The molecule has 1 aliphatic rings. The summed E-state index contributed by atoms with van der Waals surface area (Å²) < 4.78 is 16.3. The first kappa shape index (κ1) is 19.0. The predicted octanol–water partition coefficient (Wildman–Crippen LogP) is 2.54. The maximum absolute atomic E-state index is 12.8. The molecule has 0 spiro atoms. The van der Waals surface area contributed by atoms with E-state index < -0.39 is 0 Å². The van der Waals surface area contributed by atoms with E-state index in [2.05, 4.69) is 4.90 Å². The Morgan fingerprint density at radius 3 is 2.11 bits per heavy atom. The third kappa shape index (κ3) is 5.14. The van der Waals surface area contributed by atoms with E-state index >= 15 is 0 Å². The molecule has 0 atom stereocenters. The zero-order chi connectivity index (χ0) is 19.1. The molecule has 0 radical (unpaired) electrons. The van der Waals surface area contributed by atoms with Crippen LogP contribution in [-0.2, 0) is 0 Å². The summed E-state index contributed by atoms with van der Waals surface area (Å²) in [4.78, 5) is 17.0. The minimum absolute atomic E-state index is 0.00684. The lowest BCUT2D eigenvalue weighted by molar-refractivity contribution is 0.0619. The van der Waals surface area contributed by atoms with Gasteiger partial charge in [-0.1, -0.05) is 18.2 Å². The van der Waals surface area contributed by atoms with Crippen molar-refractivity contribution in [3.63, 3.8) is 0 Å². The summed E-state index contributed by atoms with van der Waals surface area (Å²) in [6.07, 6.45) is 0. The normalized spacial score (nSPS) is 14.7. The van der Waals surface area contributed by atoms with Gasteiger partial charge in [0, 0.05) is 44.4 Å². The van der Waals surface area contributed by atoms with Crippen LogP contribution < -0.4 is 14.2 Å². The molecular formula is C21H26N2O4. The van der Waals surface area contributed by atoms with Gasteiger partial charge in [0.05, 0.1) is 14.2 Å². The van der Waals surface area contributed by atoms with Gasteiger partial charge >= 0.3 is 0 Å². The van der Waals surface area contributed by atoms with Crippen molar-refractivity contribution in [2.45, 2.75) is 0 Å². The van der Waals surface area contributed by atoms with Crippen LogP contribution in [-0.4, -0.2) is 69.3 Å². The van der Waals surface area contributed by atoms with Crippen molar-refractivity contribution in [3.05, 3.63) is 54.1 Å². The molecule has 1 aliphatic heterocycles. The minimum Gasteiger partial charge on any atom is -0.497 e. The van der Waals surface area contributed by atoms with Gasteiger partial charge in [-0.3, -0.25) is 9.69 Å². The van der Waals surface area contributed by atoms with Crippen molar-refractivity contribution in [2.24, 2.45) is 0 Å². The summed E-state index contributed by atoms with van der Waals surface area (Å²) in [5.74, 6) is 2.13. The molecule has 0 bridgehead atoms. The van der Waals surface area contributed by atoms with Crippen LogP contribution in [0.1, 0.15) is 10.4 Å². The van der Waals surface area contributed by atoms with Crippen LogP contribution in [0, 0.1) is 0 Å². The molecule has 1 amide bonds. The van der Waals surface area contributed by atoms with E-state index in [9.17, 15) is 4.79 Å². The number of hydrogen-bond donors (Lipinski definition) is 0. The van der Waals surface area contributed by atoms with Gasteiger partial charge in [-0.05, 0) is 24.3 Å². The van der Waals surface area contributed by atoms with E-state index in [0.29, 0.717) is 36.8 Å². The van der Waals surface area contributed by atoms with Gasteiger partial charge in [0.2, 0.25) is 0 Å². The number of rotatable bonds is 7. The molecule has 3 rings (SSSR count). The van der Waals surface area contributed by atoms with Crippen LogP contribution in [0.2, 0.25) is 0 Å². The highest BCUT2D eigenvalue weighted by Crippen LogP contribution is 2.23. The Bertz CT molecular complexity index is 721. The molecule has 0 aliphatic carbocycles. The average Bonchev–Trinajstić information content (AvgIpc) is 2.74. The van der Waals surface area contributed by atoms with Gasteiger partial charge in [0.15, 0.2) is 0 Å². The number of piperazine rings is 1. The summed E-state index contributed by atoms with van der Waals surface area (Å²) in [5.41, 5.74) is 0.590. The first-order valence-corrected chi connectivity index (χ1v) is 9.12. The molecule has 2 aromatic rings. The van der Waals surface area contributed by atoms with Crippen molar-refractivity contribution >= 4 is 5.91 Å². The molecule has 0 unspecified atom stereocenters. The number of carbonyl (C=O) groups excluding carboxylic acids is 1. The number of para-hydroxylation sites is 1. The van der Waals surface area contributed by atoms with Crippen molar-refractivity contribution in [1.29, 1.82) is 0 Å². The first-order valence-electron chi connectivity index (χ1n) is 9.12. The van der Waals surface area contributed by atoms with E-state index in [1.54, 1.807) is 32.4 Å². The minimum atomic E-state index is 0.00684. The van der Waals surface area contributed by atoms with Crippen molar-refractivity contribution < 1.29 is 19.0 Å². The topological polar surface area (TPSA) is 51.2 Å². The fraction of sp³-hybridized carbons (Fsp3) is 0.381. The smallest absolute Gasteiger partial charge is 0.254 e.